The van der Waals surface area contributed by atoms with Gasteiger partial charge in [-0.25, -0.2) is 0 Å². The second kappa shape index (κ2) is 7.32. The highest BCUT2D eigenvalue weighted by Crippen LogP contribution is 2.47. The Morgan fingerprint density at radius 2 is 1.31 bits per heavy atom. The van der Waals surface area contributed by atoms with Crippen LogP contribution >= 0.6 is 0 Å². The van der Waals surface area contributed by atoms with Crippen molar-refractivity contribution in [2.75, 3.05) is 28.4 Å². The second-order valence-electron chi connectivity index (χ2n) is 6.61. The number of ether oxygens (including phenoxy) is 4. The first-order valence-corrected chi connectivity index (χ1v) is 8.70. The smallest absolute Gasteiger partial charge is 0.161 e. The summed E-state index contributed by atoms with van der Waals surface area (Å²) in [5.74, 6) is 3.53. The number of rotatable bonds is 5. The van der Waals surface area contributed by atoms with Gasteiger partial charge in [-0.15, -0.1) is 0 Å². The lowest BCUT2D eigenvalue weighted by molar-refractivity contribution is 0.352. The van der Waals surface area contributed by atoms with Gasteiger partial charge in [-0.1, -0.05) is 24.6 Å². The molecular formula is C22H26O4. The maximum absolute atomic E-state index is 5.54. The monoisotopic (exact) mass is 354 g/mol. The van der Waals surface area contributed by atoms with E-state index < -0.39 is 0 Å². The number of methoxy groups -OCH3 is 4. The molecule has 138 valence electrons. The van der Waals surface area contributed by atoms with Gasteiger partial charge in [0.25, 0.3) is 0 Å². The predicted octanol–water partition coefficient (Wildman–Crippen LogP) is 4.91. The molecule has 0 aromatic heterocycles. The van der Waals surface area contributed by atoms with Crippen molar-refractivity contribution in [3.63, 3.8) is 0 Å². The number of hydrogen-bond donors (Lipinski definition) is 0. The van der Waals surface area contributed by atoms with Crippen LogP contribution in [0.5, 0.6) is 23.0 Å². The minimum Gasteiger partial charge on any atom is -0.493 e. The summed E-state index contributed by atoms with van der Waals surface area (Å²) in [7, 11) is 6.65. The van der Waals surface area contributed by atoms with Crippen molar-refractivity contribution in [2.24, 2.45) is 5.92 Å². The fourth-order valence-corrected chi connectivity index (χ4v) is 3.73. The minimum atomic E-state index is 0.203. The first kappa shape index (κ1) is 18.2. The number of hydrogen-bond acceptors (Lipinski definition) is 4. The van der Waals surface area contributed by atoms with Crippen LogP contribution in [0.2, 0.25) is 0 Å². The van der Waals surface area contributed by atoms with Crippen molar-refractivity contribution in [3.8, 4) is 23.0 Å². The van der Waals surface area contributed by atoms with Gasteiger partial charge in [0.05, 0.1) is 28.4 Å². The summed E-state index contributed by atoms with van der Waals surface area (Å²) in [6.45, 7) is 4.44. The second-order valence-corrected chi connectivity index (χ2v) is 6.61. The first-order valence-electron chi connectivity index (χ1n) is 8.70. The molecule has 0 bridgehead atoms. The van der Waals surface area contributed by atoms with Crippen LogP contribution in [-0.2, 0) is 0 Å². The van der Waals surface area contributed by atoms with Crippen molar-refractivity contribution >= 4 is 6.08 Å². The Morgan fingerprint density at radius 1 is 0.731 bits per heavy atom. The third kappa shape index (κ3) is 3.00. The highest BCUT2D eigenvalue weighted by atomic mass is 16.5. The van der Waals surface area contributed by atoms with E-state index in [0.29, 0.717) is 5.92 Å². The van der Waals surface area contributed by atoms with E-state index in [0.717, 1.165) is 28.6 Å². The Balaban J connectivity index is 2.18. The third-order valence-corrected chi connectivity index (χ3v) is 5.29. The van der Waals surface area contributed by atoms with Gasteiger partial charge < -0.3 is 18.9 Å². The molecule has 0 saturated carbocycles. The summed E-state index contributed by atoms with van der Waals surface area (Å²) >= 11 is 0. The van der Waals surface area contributed by atoms with Crippen LogP contribution in [-0.4, -0.2) is 28.4 Å². The Hall–Kier alpha value is -2.62. The molecule has 0 radical (unpaired) electrons. The maximum Gasteiger partial charge on any atom is 0.161 e. The Morgan fingerprint density at radius 3 is 1.92 bits per heavy atom. The van der Waals surface area contributed by atoms with Crippen LogP contribution in [0, 0.1) is 5.92 Å². The molecule has 0 unspecified atom stereocenters. The van der Waals surface area contributed by atoms with Crippen molar-refractivity contribution < 1.29 is 18.9 Å². The Kier molecular flexibility index (Phi) is 5.12. The molecule has 2 aromatic carbocycles. The Labute approximate surface area is 155 Å². The summed E-state index contributed by atoms with van der Waals surface area (Å²) in [5, 5.41) is 0. The molecule has 0 saturated heterocycles. The van der Waals surface area contributed by atoms with Gasteiger partial charge in [-0.05, 0) is 53.8 Å². The summed E-state index contributed by atoms with van der Waals surface area (Å²) in [6.07, 6.45) is 2.24. The molecule has 0 fully saturated rings. The van der Waals surface area contributed by atoms with E-state index in [2.05, 4.69) is 44.2 Å². The molecule has 0 N–H and O–H groups in total. The highest BCUT2D eigenvalue weighted by molar-refractivity contribution is 5.67. The molecule has 1 aliphatic rings. The van der Waals surface area contributed by atoms with E-state index in [9.17, 15) is 0 Å². The van der Waals surface area contributed by atoms with Gasteiger partial charge >= 0.3 is 0 Å². The van der Waals surface area contributed by atoms with Gasteiger partial charge in [0, 0.05) is 5.92 Å². The quantitative estimate of drug-likeness (QED) is 0.765. The van der Waals surface area contributed by atoms with Gasteiger partial charge in [0.15, 0.2) is 23.0 Å². The van der Waals surface area contributed by atoms with E-state index in [-0.39, 0.29) is 5.92 Å². The molecule has 0 amide bonds. The average Bonchev–Trinajstić information content (AvgIpc) is 2.67. The fourth-order valence-electron chi connectivity index (χ4n) is 3.73. The molecule has 1 aliphatic carbocycles. The van der Waals surface area contributed by atoms with Gasteiger partial charge in [0.2, 0.25) is 0 Å². The van der Waals surface area contributed by atoms with Crippen molar-refractivity contribution in [1.82, 2.24) is 0 Å². The maximum atomic E-state index is 5.54. The van der Waals surface area contributed by atoms with Crippen LogP contribution in [0.3, 0.4) is 0 Å². The van der Waals surface area contributed by atoms with Crippen LogP contribution in [0.1, 0.15) is 36.5 Å². The molecule has 2 atom stereocenters. The average molecular weight is 354 g/mol. The zero-order chi connectivity index (χ0) is 18.8. The third-order valence-electron chi connectivity index (χ3n) is 5.29. The molecule has 3 rings (SSSR count). The SMILES string of the molecule is COc1ccc([C@@H]2c3cc(OC)c(OC)cc3C=C(C)[C@H]2C)cc1OC. The van der Waals surface area contributed by atoms with Gasteiger partial charge in [-0.2, -0.15) is 0 Å². The fraction of sp³-hybridized carbons (Fsp3) is 0.364. The molecule has 4 heteroatoms. The van der Waals surface area contributed by atoms with Gasteiger partial charge in [0.1, 0.15) is 0 Å². The number of fused-ring (bicyclic) bond motifs is 1. The lowest BCUT2D eigenvalue weighted by atomic mass is 9.72. The van der Waals surface area contributed by atoms with E-state index in [1.54, 1.807) is 28.4 Å². The zero-order valence-corrected chi connectivity index (χ0v) is 16.3. The predicted molar refractivity (Wildman–Crippen MR) is 104 cm³/mol. The summed E-state index contributed by atoms with van der Waals surface area (Å²) < 4.78 is 21.9. The molecule has 0 heterocycles. The summed E-state index contributed by atoms with van der Waals surface area (Å²) in [6, 6.07) is 10.3. The van der Waals surface area contributed by atoms with E-state index in [4.69, 9.17) is 18.9 Å². The number of benzene rings is 2. The zero-order valence-electron chi connectivity index (χ0n) is 16.3. The van der Waals surface area contributed by atoms with Crippen LogP contribution in [0.15, 0.2) is 35.9 Å². The van der Waals surface area contributed by atoms with E-state index in [1.807, 2.05) is 6.07 Å². The standard InChI is InChI=1S/C22H26O4/c1-13-9-16-11-20(25-5)21(26-6)12-17(16)22(14(13)2)15-7-8-18(23-3)19(10-15)24-4/h7-12,14,22H,1-6H3/t14-,22-/m1/s1. The van der Waals surface area contributed by atoms with E-state index in [1.165, 1.54) is 16.7 Å². The number of allylic oxidation sites excluding steroid dienone is 1. The normalized spacial score (nSPS) is 18.6. The summed E-state index contributed by atoms with van der Waals surface area (Å²) in [5.41, 5.74) is 4.92. The molecular weight excluding hydrogens is 328 g/mol. The largest absolute Gasteiger partial charge is 0.493 e. The summed E-state index contributed by atoms with van der Waals surface area (Å²) in [4.78, 5) is 0. The first-order chi connectivity index (χ1) is 12.5. The van der Waals surface area contributed by atoms with Crippen molar-refractivity contribution in [1.29, 1.82) is 0 Å². The van der Waals surface area contributed by atoms with Crippen LogP contribution in [0.25, 0.3) is 6.08 Å². The van der Waals surface area contributed by atoms with Crippen LogP contribution < -0.4 is 18.9 Å². The van der Waals surface area contributed by atoms with Crippen LogP contribution in [0.4, 0.5) is 0 Å². The molecule has 26 heavy (non-hydrogen) atoms. The highest BCUT2D eigenvalue weighted by Gasteiger charge is 2.30. The van der Waals surface area contributed by atoms with Gasteiger partial charge in [-0.3, -0.25) is 0 Å². The van der Waals surface area contributed by atoms with Crippen molar-refractivity contribution in [2.45, 2.75) is 19.8 Å². The molecule has 0 aliphatic heterocycles. The molecule has 0 spiro atoms. The molecule has 2 aromatic rings. The topological polar surface area (TPSA) is 36.9 Å². The molecule has 4 nitrogen and oxygen atoms in total. The Bertz CT molecular complexity index is 838. The van der Waals surface area contributed by atoms with E-state index >= 15 is 0 Å². The van der Waals surface area contributed by atoms with Crippen molar-refractivity contribution in [3.05, 3.63) is 52.6 Å². The lowest BCUT2D eigenvalue weighted by Gasteiger charge is -2.32. The minimum absolute atomic E-state index is 0.203. The lowest BCUT2D eigenvalue weighted by Crippen LogP contribution is -2.18.